The van der Waals surface area contributed by atoms with Crippen molar-refractivity contribution in [3.8, 4) is 11.5 Å². The molecule has 1 aromatic heterocycles. The molecule has 0 unspecified atom stereocenters. The number of ether oxygens (including phenoxy) is 2. The number of thiophene rings is 1. The van der Waals surface area contributed by atoms with Crippen molar-refractivity contribution in [2.24, 2.45) is 0 Å². The Morgan fingerprint density at radius 2 is 1.89 bits per heavy atom. The Morgan fingerprint density at radius 3 is 2.63 bits per heavy atom. The van der Waals surface area contributed by atoms with E-state index in [4.69, 9.17) is 9.47 Å². The van der Waals surface area contributed by atoms with Crippen LogP contribution in [0.1, 0.15) is 21.7 Å². The third kappa shape index (κ3) is 2.67. The standard InChI is InChI=1S/C14H11BrO3S/c15-13-5-4-12(19-13)14(16)9-2-3-10-11(8-9)18-7-1-6-17-10/h2-5,8H,1,6-7H2. The summed E-state index contributed by atoms with van der Waals surface area (Å²) < 4.78 is 12.1. The Morgan fingerprint density at radius 1 is 1.11 bits per heavy atom. The van der Waals surface area contributed by atoms with Gasteiger partial charge in [0.15, 0.2) is 11.5 Å². The van der Waals surface area contributed by atoms with Crippen LogP contribution in [0.5, 0.6) is 11.5 Å². The Hall–Kier alpha value is -1.33. The molecule has 0 saturated carbocycles. The number of carbonyl (C=O) groups is 1. The van der Waals surface area contributed by atoms with E-state index < -0.39 is 0 Å². The maximum atomic E-state index is 12.3. The van der Waals surface area contributed by atoms with Gasteiger partial charge in [-0.05, 0) is 46.3 Å². The molecule has 5 heteroatoms. The molecule has 3 nitrogen and oxygen atoms in total. The molecule has 3 rings (SSSR count). The van der Waals surface area contributed by atoms with Gasteiger partial charge >= 0.3 is 0 Å². The fraction of sp³-hybridized carbons (Fsp3) is 0.214. The van der Waals surface area contributed by atoms with Gasteiger partial charge in [0.05, 0.1) is 21.9 Å². The summed E-state index contributed by atoms with van der Waals surface area (Å²) in [5, 5.41) is 0. The van der Waals surface area contributed by atoms with E-state index >= 15 is 0 Å². The van der Waals surface area contributed by atoms with Crippen LogP contribution in [0, 0.1) is 0 Å². The molecule has 1 aliphatic rings. The molecule has 0 bridgehead atoms. The van der Waals surface area contributed by atoms with E-state index in [2.05, 4.69) is 15.9 Å². The Bertz CT molecular complexity index is 621. The molecule has 1 aromatic carbocycles. The third-order valence-corrected chi connectivity index (χ3v) is 4.43. The van der Waals surface area contributed by atoms with Crippen LogP contribution in [-0.4, -0.2) is 19.0 Å². The highest BCUT2D eigenvalue weighted by atomic mass is 79.9. The minimum absolute atomic E-state index is 0.00588. The lowest BCUT2D eigenvalue weighted by Crippen LogP contribution is -2.00. The predicted octanol–water partition coefficient (Wildman–Crippen LogP) is 3.90. The van der Waals surface area contributed by atoms with Crippen molar-refractivity contribution in [1.82, 2.24) is 0 Å². The van der Waals surface area contributed by atoms with Gasteiger partial charge in [0.1, 0.15) is 0 Å². The fourth-order valence-electron chi connectivity index (χ4n) is 1.88. The highest BCUT2D eigenvalue weighted by Crippen LogP contribution is 2.32. The molecular formula is C14H11BrO3S. The number of ketones is 1. The lowest BCUT2D eigenvalue weighted by molar-refractivity contribution is 0.104. The summed E-state index contributed by atoms with van der Waals surface area (Å²) in [4.78, 5) is 13.0. The molecule has 19 heavy (non-hydrogen) atoms. The van der Waals surface area contributed by atoms with Crippen LogP contribution in [0.4, 0.5) is 0 Å². The first-order valence-corrected chi connectivity index (χ1v) is 7.55. The topological polar surface area (TPSA) is 35.5 Å². The minimum Gasteiger partial charge on any atom is -0.490 e. The van der Waals surface area contributed by atoms with Crippen molar-refractivity contribution in [3.05, 3.63) is 44.6 Å². The quantitative estimate of drug-likeness (QED) is 0.779. The van der Waals surface area contributed by atoms with E-state index in [1.54, 1.807) is 18.2 Å². The van der Waals surface area contributed by atoms with E-state index in [9.17, 15) is 4.79 Å². The Labute approximate surface area is 123 Å². The van der Waals surface area contributed by atoms with Crippen molar-refractivity contribution in [3.63, 3.8) is 0 Å². The summed E-state index contributed by atoms with van der Waals surface area (Å²) >= 11 is 4.79. The van der Waals surface area contributed by atoms with Crippen LogP contribution in [-0.2, 0) is 0 Å². The number of rotatable bonds is 2. The molecule has 0 saturated heterocycles. The van der Waals surface area contributed by atoms with Crippen LogP contribution >= 0.6 is 27.3 Å². The van der Waals surface area contributed by atoms with Crippen molar-refractivity contribution >= 4 is 33.0 Å². The van der Waals surface area contributed by atoms with Crippen molar-refractivity contribution < 1.29 is 14.3 Å². The summed E-state index contributed by atoms with van der Waals surface area (Å²) in [7, 11) is 0. The SMILES string of the molecule is O=C(c1ccc2c(c1)OCCCO2)c1ccc(Br)s1. The van der Waals surface area contributed by atoms with Gasteiger partial charge in [-0.15, -0.1) is 11.3 Å². The summed E-state index contributed by atoms with van der Waals surface area (Å²) in [6.07, 6.45) is 0.857. The number of fused-ring (bicyclic) bond motifs is 1. The minimum atomic E-state index is 0.00588. The van der Waals surface area contributed by atoms with Gasteiger partial charge in [-0.25, -0.2) is 0 Å². The monoisotopic (exact) mass is 338 g/mol. The van der Waals surface area contributed by atoms with E-state index in [0.29, 0.717) is 35.2 Å². The van der Waals surface area contributed by atoms with Crippen LogP contribution in [0.15, 0.2) is 34.1 Å². The molecule has 0 radical (unpaired) electrons. The van der Waals surface area contributed by atoms with Gasteiger partial charge < -0.3 is 9.47 Å². The maximum absolute atomic E-state index is 12.3. The number of carbonyl (C=O) groups excluding carboxylic acids is 1. The first-order chi connectivity index (χ1) is 9.24. The second kappa shape index (κ2) is 5.35. The number of benzene rings is 1. The van der Waals surface area contributed by atoms with Crippen LogP contribution in [0.2, 0.25) is 0 Å². The van der Waals surface area contributed by atoms with E-state index in [1.165, 1.54) is 11.3 Å². The zero-order valence-electron chi connectivity index (χ0n) is 10.0. The second-order valence-electron chi connectivity index (χ2n) is 4.14. The first kappa shape index (κ1) is 12.7. The second-order valence-corrected chi connectivity index (χ2v) is 6.61. The van der Waals surface area contributed by atoms with Gasteiger partial charge in [-0.1, -0.05) is 0 Å². The zero-order valence-corrected chi connectivity index (χ0v) is 12.4. The maximum Gasteiger partial charge on any atom is 0.203 e. The normalized spacial score (nSPS) is 13.9. The molecule has 0 fully saturated rings. The van der Waals surface area contributed by atoms with E-state index in [0.717, 1.165) is 10.2 Å². The first-order valence-electron chi connectivity index (χ1n) is 5.94. The molecule has 0 spiro atoms. The molecule has 98 valence electrons. The third-order valence-electron chi connectivity index (χ3n) is 2.81. The smallest absolute Gasteiger partial charge is 0.203 e. The lowest BCUT2D eigenvalue weighted by Gasteiger charge is -2.08. The van der Waals surface area contributed by atoms with Gasteiger partial charge in [0, 0.05) is 12.0 Å². The van der Waals surface area contributed by atoms with Crippen LogP contribution in [0.25, 0.3) is 0 Å². The molecule has 0 aliphatic carbocycles. The lowest BCUT2D eigenvalue weighted by atomic mass is 10.1. The van der Waals surface area contributed by atoms with E-state index in [-0.39, 0.29) is 5.78 Å². The fourth-order valence-corrected chi connectivity index (χ4v) is 3.23. The largest absolute Gasteiger partial charge is 0.490 e. The van der Waals surface area contributed by atoms with Gasteiger partial charge in [0.25, 0.3) is 0 Å². The summed E-state index contributed by atoms with van der Waals surface area (Å²) in [5.41, 5.74) is 0.624. The highest BCUT2D eigenvalue weighted by molar-refractivity contribution is 9.11. The molecule has 0 atom stereocenters. The average Bonchev–Trinajstić information content (AvgIpc) is 2.72. The number of halogens is 1. The molecular weight excluding hydrogens is 328 g/mol. The molecule has 2 aromatic rings. The van der Waals surface area contributed by atoms with Crippen LogP contribution in [0.3, 0.4) is 0 Å². The summed E-state index contributed by atoms with van der Waals surface area (Å²) in [6, 6.07) is 9.04. The average molecular weight is 339 g/mol. The molecule has 1 aliphatic heterocycles. The van der Waals surface area contributed by atoms with Crippen molar-refractivity contribution in [1.29, 1.82) is 0 Å². The summed E-state index contributed by atoms with van der Waals surface area (Å²) in [6.45, 7) is 1.27. The predicted molar refractivity (Wildman–Crippen MR) is 77.5 cm³/mol. The van der Waals surface area contributed by atoms with Crippen molar-refractivity contribution in [2.45, 2.75) is 6.42 Å². The Kier molecular flexibility index (Phi) is 3.57. The van der Waals surface area contributed by atoms with Gasteiger partial charge in [-0.3, -0.25) is 4.79 Å². The zero-order chi connectivity index (χ0) is 13.2. The molecule has 0 N–H and O–H groups in total. The Balaban J connectivity index is 1.93. The number of hydrogen-bond donors (Lipinski definition) is 0. The van der Waals surface area contributed by atoms with Crippen molar-refractivity contribution in [2.75, 3.05) is 13.2 Å². The number of hydrogen-bond acceptors (Lipinski definition) is 4. The molecule has 0 amide bonds. The van der Waals surface area contributed by atoms with Gasteiger partial charge in [0.2, 0.25) is 5.78 Å². The van der Waals surface area contributed by atoms with Gasteiger partial charge in [-0.2, -0.15) is 0 Å². The highest BCUT2D eigenvalue weighted by Gasteiger charge is 2.16. The summed E-state index contributed by atoms with van der Waals surface area (Å²) in [5.74, 6) is 1.37. The van der Waals surface area contributed by atoms with E-state index in [1.807, 2.05) is 12.1 Å². The molecule has 2 heterocycles. The van der Waals surface area contributed by atoms with Crippen LogP contribution < -0.4 is 9.47 Å².